The zero-order valence-electron chi connectivity index (χ0n) is 16.8. The maximum absolute atomic E-state index is 13.9. The molecule has 1 fully saturated rings. The van der Waals surface area contributed by atoms with Crippen LogP contribution < -0.4 is 10.1 Å². The fourth-order valence-corrected chi connectivity index (χ4v) is 3.52. The molecule has 1 saturated heterocycles. The average molecular weight is 403 g/mol. The second-order valence-corrected chi connectivity index (χ2v) is 7.36. The van der Waals surface area contributed by atoms with Gasteiger partial charge in [-0.1, -0.05) is 18.2 Å². The molecular formula is C22H27F2N3O2. The summed E-state index contributed by atoms with van der Waals surface area (Å²) in [5.74, 6) is -0.591. The van der Waals surface area contributed by atoms with Gasteiger partial charge in [0.15, 0.2) is 0 Å². The fraction of sp³-hybridized carbons (Fsp3) is 0.409. The predicted molar refractivity (Wildman–Crippen MR) is 108 cm³/mol. The Hall–Kier alpha value is -2.51. The molecule has 0 spiro atoms. The van der Waals surface area contributed by atoms with Crippen molar-refractivity contribution in [2.75, 3.05) is 39.8 Å². The van der Waals surface area contributed by atoms with Gasteiger partial charge in [0.1, 0.15) is 17.4 Å². The highest BCUT2D eigenvalue weighted by Gasteiger charge is 2.21. The third-order valence-corrected chi connectivity index (χ3v) is 5.20. The third kappa shape index (κ3) is 5.98. The number of rotatable bonds is 7. The van der Waals surface area contributed by atoms with Crippen molar-refractivity contribution in [1.29, 1.82) is 0 Å². The van der Waals surface area contributed by atoms with Gasteiger partial charge in [-0.3, -0.25) is 14.6 Å². The Morgan fingerprint density at radius 3 is 2.34 bits per heavy atom. The van der Waals surface area contributed by atoms with Crippen LogP contribution in [0.15, 0.2) is 42.5 Å². The number of carbonyl (C=O) groups is 1. The molecule has 156 valence electrons. The Morgan fingerprint density at radius 2 is 1.72 bits per heavy atom. The highest BCUT2D eigenvalue weighted by Crippen LogP contribution is 2.18. The highest BCUT2D eigenvalue weighted by molar-refractivity contribution is 5.78. The van der Waals surface area contributed by atoms with Crippen LogP contribution in [-0.4, -0.2) is 55.5 Å². The Labute approximate surface area is 170 Å². The largest absolute Gasteiger partial charge is 0.497 e. The van der Waals surface area contributed by atoms with E-state index in [9.17, 15) is 13.6 Å². The lowest BCUT2D eigenvalue weighted by molar-refractivity contribution is -0.123. The number of nitrogens with zero attached hydrogens (tertiary/aromatic N) is 2. The van der Waals surface area contributed by atoms with Crippen LogP contribution in [0.1, 0.15) is 24.1 Å². The van der Waals surface area contributed by atoms with E-state index < -0.39 is 17.7 Å². The summed E-state index contributed by atoms with van der Waals surface area (Å²) in [6, 6.07) is 10.9. The molecule has 1 N–H and O–H groups in total. The van der Waals surface area contributed by atoms with E-state index in [4.69, 9.17) is 4.74 Å². The summed E-state index contributed by atoms with van der Waals surface area (Å²) >= 11 is 0. The molecule has 0 aromatic heterocycles. The first-order valence-corrected chi connectivity index (χ1v) is 9.76. The quantitative estimate of drug-likeness (QED) is 0.772. The molecule has 1 aliphatic heterocycles. The second kappa shape index (κ2) is 9.80. The van der Waals surface area contributed by atoms with E-state index in [-0.39, 0.29) is 18.0 Å². The minimum absolute atomic E-state index is 0.162. The highest BCUT2D eigenvalue weighted by atomic mass is 19.1. The van der Waals surface area contributed by atoms with Gasteiger partial charge in [-0.15, -0.1) is 0 Å². The van der Waals surface area contributed by atoms with Gasteiger partial charge in [-0.05, 0) is 30.7 Å². The summed E-state index contributed by atoms with van der Waals surface area (Å²) in [6.07, 6.45) is 0. The maximum atomic E-state index is 13.9. The van der Waals surface area contributed by atoms with Crippen molar-refractivity contribution in [2.45, 2.75) is 19.5 Å². The monoisotopic (exact) mass is 403 g/mol. The lowest BCUT2D eigenvalue weighted by Crippen LogP contribution is -2.49. The predicted octanol–water partition coefficient (Wildman–Crippen LogP) is 2.97. The van der Waals surface area contributed by atoms with Crippen LogP contribution in [0.4, 0.5) is 8.78 Å². The lowest BCUT2D eigenvalue weighted by atomic mass is 10.1. The zero-order chi connectivity index (χ0) is 20.8. The van der Waals surface area contributed by atoms with Crippen molar-refractivity contribution in [3.8, 4) is 5.75 Å². The number of hydrogen-bond donors (Lipinski definition) is 1. The third-order valence-electron chi connectivity index (χ3n) is 5.20. The SMILES string of the molecule is COc1ccc(CN2CCN(CC(=O)N[C@@H](C)c3ccc(F)cc3F)CC2)cc1. The molecule has 5 nitrogen and oxygen atoms in total. The number of hydrogen-bond acceptors (Lipinski definition) is 4. The average Bonchev–Trinajstić information content (AvgIpc) is 2.70. The molecule has 1 heterocycles. The number of carbonyl (C=O) groups excluding carboxylic acids is 1. The molecule has 1 aliphatic rings. The standard InChI is InChI=1S/C22H27F2N3O2/c1-16(20-8-5-18(23)13-21(20)24)25-22(28)15-27-11-9-26(10-12-27)14-17-3-6-19(29-2)7-4-17/h3-8,13,16H,9-12,14-15H2,1-2H3,(H,25,28)/t16-/m0/s1. The molecule has 0 aliphatic carbocycles. The van der Waals surface area contributed by atoms with Gasteiger partial charge in [0.2, 0.25) is 5.91 Å². The summed E-state index contributed by atoms with van der Waals surface area (Å²) in [5.41, 5.74) is 1.51. The Morgan fingerprint density at radius 1 is 1.07 bits per heavy atom. The van der Waals surface area contributed by atoms with E-state index in [0.717, 1.165) is 44.5 Å². The number of ether oxygens (including phenoxy) is 1. The molecule has 0 radical (unpaired) electrons. The zero-order valence-corrected chi connectivity index (χ0v) is 16.8. The molecule has 1 amide bonds. The topological polar surface area (TPSA) is 44.8 Å². The normalized spacial score (nSPS) is 16.4. The van der Waals surface area contributed by atoms with Gasteiger partial charge in [0.25, 0.3) is 0 Å². The number of halogens is 2. The van der Waals surface area contributed by atoms with Crippen LogP contribution in [0.25, 0.3) is 0 Å². The number of piperazine rings is 1. The summed E-state index contributed by atoms with van der Waals surface area (Å²) in [6.45, 7) is 6.17. The molecular weight excluding hydrogens is 376 g/mol. The van der Waals surface area contributed by atoms with Gasteiger partial charge in [-0.25, -0.2) is 8.78 Å². The molecule has 2 aromatic rings. The van der Waals surface area contributed by atoms with E-state index in [1.165, 1.54) is 17.7 Å². The van der Waals surface area contributed by atoms with Gasteiger partial charge in [0.05, 0.1) is 19.7 Å². The first-order chi connectivity index (χ1) is 13.9. The molecule has 3 rings (SSSR count). The summed E-state index contributed by atoms with van der Waals surface area (Å²) < 4.78 is 32.1. The van der Waals surface area contributed by atoms with Gasteiger partial charge >= 0.3 is 0 Å². The van der Waals surface area contributed by atoms with Crippen LogP contribution in [0.5, 0.6) is 5.75 Å². The Kier molecular flexibility index (Phi) is 7.17. The van der Waals surface area contributed by atoms with E-state index >= 15 is 0 Å². The van der Waals surface area contributed by atoms with E-state index in [1.54, 1.807) is 14.0 Å². The molecule has 29 heavy (non-hydrogen) atoms. The van der Waals surface area contributed by atoms with Crippen molar-refractivity contribution in [3.05, 3.63) is 65.2 Å². The lowest BCUT2D eigenvalue weighted by Gasteiger charge is -2.34. The molecule has 2 aromatic carbocycles. The molecule has 0 unspecified atom stereocenters. The first kappa shape index (κ1) is 21.2. The number of nitrogens with one attached hydrogen (secondary N) is 1. The van der Waals surface area contributed by atoms with Crippen LogP contribution in [0.2, 0.25) is 0 Å². The van der Waals surface area contributed by atoms with Gasteiger partial charge in [0, 0.05) is 44.4 Å². The minimum Gasteiger partial charge on any atom is -0.497 e. The maximum Gasteiger partial charge on any atom is 0.234 e. The number of amides is 1. The minimum atomic E-state index is -0.648. The van der Waals surface area contributed by atoms with Crippen molar-refractivity contribution in [3.63, 3.8) is 0 Å². The first-order valence-electron chi connectivity index (χ1n) is 9.76. The fourth-order valence-electron chi connectivity index (χ4n) is 3.52. The van der Waals surface area contributed by atoms with E-state index in [1.807, 2.05) is 12.1 Å². The Bertz CT molecular complexity index is 821. The second-order valence-electron chi connectivity index (χ2n) is 7.36. The van der Waals surface area contributed by atoms with Crippen molar-refractivity contribution >= 4 is 5.91 Å². The smallest absolute Gasteiger partial charge is 0.234 e. The van der Waals surface area contributed by atoms with Crippen molar-refractivity contribution in [2.24, 2.45) is 0 Å². The van der Waals surface area contributed by atoms with Crippen LogP contribution in [0.3, 0.4) is 0 Å². The van der Waals surface area contributed by atoms with Crippen molar-refractivity contribution < 1.29 is 18.3 Å². The molecule has 0 saturated carbocycles. The van der Waals surface area contributed by atoms with Crippen molar-refractivity contribution in [1.82, 2.24) is 15.1 Å². The summed E-state index contributed by atoms with van der Waals surface area (Å²) in [4.78, 5) is 16.8. The van der Waals surface area contributed by atoms with E-state index in [2.05, 4.69) is 27.2 Å². The van der Waals surface area contributed by atoms with Crippen LogP contribution >= 0.6 is 0 Å². The van der Waals surface area contributed by atoms with Gasteiger partial charge < -0.3 is 10.1 Å². The molecule has 0 bridgehead atoms. The van der Waals surface area contributed by atoms with Crippen LogP contribution in [-0.2, 0) is 11.3 Å². The van der Waals surface area contributed by atoms with E-state index in [0.29, 0.717) is 0 Å². The number of benzene rings is 2. The summed E-state index contributed by atoms with van der Waals surface area (Å²) in [7, 11) is 1.65. The molecule has 7 heteroatoms. The Balaban J connectivity index is 1.43. The van der Waals surface area contributed by atoms with Crippen LogP contribution in [0, 0.1) is 11.6 Å². The summed E-state index contributed by atoms with van der Waals surface area (Å²) in [5, 5.41) is 2.80. The van der Waals surface area contributed by atoms with Gasteiger partial charge in [-0.2, -0.15) is 0 Å². The molecule has 1 atom stereocenters. The number of methoxy groups -OCH3 is 1.